The Bertz CT molecular complexity index is 385. The number of carbonyl (C=O) groups is 1. The van der Waals surface area contributed by atoms with Crippen LogP contribution in [0.2, 0.25) is 5.02 Å². The molecule has 0 radical (unpaired) electrons. The Kier molecular flexibility index (Phi) is 3.89. The fourth-order valence-electron chi connectivity index (χ4n) is 2.07. The van der Waals surface area contributed by atoms with Crippen molar-refractivity contribution in [3.8, 4) is 0 Å². The Balaban J connectivity index is 1.93. The average molecular weight is 253 g/mol. The largest absolute Gasteiger partial charge is 0.374 e. The molecule has 1 amide bonds. The van der Waals surface area contributed by atoms with Crippen molar-refractivity contribution in [2.75, 3.05) is 18.4 Å². The summed E-state index contributed by atoms with van der Waals surface area (Å²) >= 11 is 5.81. The molecule has 0 aliphatic carbocycles. The van der Waals surface area contributed by atoms with Gasteiger partial charge in [0.05, 0.1) is 0 Å². The van der Waals surface area contributed by atoms with Crippen LogP contribution in [-0.2, 0) is 4.79 Å². The van der Waals surface area contributed by atoms with Crippen molar-refractivity contribution in [1.29, 1.82) is 0 Å². The highest BCUT2D eigenvalue weighted by Crippen LogP contribution is 2.16. The molecular formula is C13H17ClN2O. The molecule has 1 aromatic carbocycles. The minimum absolute atomic E-state index is 0.178. The molecule has 4 heteroatoms. The molecular weight excluding hydrogens is 236 g/mol. The lowest BCUT2D eigenvalue weighted by molar-refractivity contribution is -0.130. The summed E-state index contributed by atoms with van der Waals surface area (Å²) in [7, 11) is 0. The van der Waals surface area contributed by atoms with E-state index in [0.29, 0.717) is 5.02 Å². The Labute approximate surface area is 107 Å². The van der Waals surface area contributed by atoms with Gasteiger partial charge in [-0.1, -0.05) is 11.6 Å². The molecule has 92 valence electrons. The van der Waals surface area contributed by atoms with Crippen LogP contribution in [-0.4, -0.2) is 29.9 Å². The molecule has 1 N–H and O–H groups in total. The van der Waals surface area contributed by atoms with Crippen LogP contribution in [0.1, 0.15) is 19.8 Å². The highest BCUT2D eigenvalue weighted by Gasteiger charge is 2.22. The van der Waals surface area contributed by atoms with Crippen molar-refractivity contribution < 1.29 is 4.79 Å². The molecule has 1 aliphatic heterocycles. The number of likely N-dealkylation sites (tertiary alicyclic amines) is 1. The molecule has 17 heavy (non-hydrogen) atoms. The first kappa shape index (κ1) is 12.2. The van der Waals surface area contributed by atoms with Crippen molar-refractivity contribution in [1.82, 2.24) is 4.90 Å². The number of rotatable bonds is 3. The van der Waals surface area contributed by atoms with Gasteiger partial charge in [0.25, 0.3) is 0 Å². The first-order chi connectivity index (χ1) is 8.16. The van der Waals surface area contributed by atoms with E-state index in [2.05, 4.69) is 5.32 Å². The van der Waals surface area contributed by atoms with Gasteiger partial charge in [0.1, 0.15) is 6.04 Å². The van der Waals surface area contributed by atoms with Crippen molar-refractivity contribution in [3.63, 3.8) is 0 Å². The Morgan fingerprint density at radius 2 is 1.88 bits per heavy atom. The molecule has 1 aromatic rings. The lowest BCUT2D eigenvalue weighted by atomic mass is 10.2. The predicted molar refractivity (Wildman–Crippen MR) is 70.4 cm³/mol. The van der Waals surface area contributed by atoms with Gasteiger partial charge in [-0.25, -0.2) is 0 Å². The van der Waals surface area contributed by atoms with Gasteiger partial charge in [-0.2, -0.15) is 0 Å². The van der Waals surface area contributed by atoms with E-state index in [1.54, 1.807) is 0 Å². The Morgan fingerprint density at radius 3 is 2.47 bits per heavy atom. The van der Waals surface area contributed by atoms with Gasteiger partial charge < -0.3 is 10.2 Å². The maximum absolute atomic E-state index is 12.1. The van der Waals surface area contributed by atoms with E-state index in [-0.39, 0.29) is 11.9 Å². The van der Waals surface area contributed by atoms with E-state index in [0.717, 1.165) is 31.6 Å². The molecule has 0 bridgehead atoms. The van der Waals surface area contributed by atoms with E-state index in [4.69, 9.17) is 11.6 Å². The fraction of sp³-hybridized carbons (Fsp3) is 0.462. The van der Waals surface area contributed by atoms with Gasteiger partial charge in [0, 0.05) is 23.8 Å². The van der Waals surface area contributed by atoms with Crippen LogP contribution in [0.4, 0.5) is 5.69 Å². The molecule has 1 fully saturated rings. The maximum Gasteiger partial charge on any atom is 0.244 e. The van der Waals surface area contributed by atoms with Crippen LogP contribution < -0.4 is 5.32 Å². The summed E-state index contributed by atoms with van der Waals surface area (Å²) in [4.78, 5) is 14.0. The molecule has 1 atom stereocenters. The number of hydrogen-bond donors (Lipinski definition) is 1. The number of nitrogens with one attached hydrogen (secondary N) is 1. The Hall–Kier alpha value is -1.22. The third-order valence-corrected chi connectivity index (χ3v) is 3.27. The zero-order chi connectivity index (χ0) is 12.3. The highest BCUT2D eigenvalue weighted by molar-refractivity contribution is 6.30. The first-order valence-corrected chi connectivity index (χ1v) is 6.35. The van der Waals surface area contributed by atoms with Gasteiger partial charge in [0.2, 0.25) is 5.91 Å². The van der Waals surface area contributed by atoms with Crippen LogP contribution in [0, 0.1) is 0 Å². The van der Waals surface area contributed by atoms with Crippen LogP contribution in [0.15, 0.2) is 24.3 Å². The number of amides is 1. The summed E-state index contributed by atoms with van der Waals surface area (Å²) in [6.07, 6.45) is 2.25. The van der Waals surface area contributed by atoms with Crippen LogP contribution in [0.5, 0.6) is 0 Å². The maximum atomic E-state index is 12.1. The number of anilines is 1. The molecule has 1 saturated heterocycles. The van der Waals surface area contributed by atoms with Crippen LogP contribution in [0.25, 0.3) is 0 Å². The number of nitrogens with zero attached hydrogens (tertiary/aromatic N) is 1. The smallest absolute Gasteiger partial charge is 0.244 e. The van der Waals surface area contributed by atoms with E-state index in [1.165, 1.54) is 0 Å². The zero-order valence-electron chi connectivity index (χ0n) is 9.95. The normalized spacial score (nSPS) is 16.9. The molecule has 0 spiro atoms. The van der Waals surface area contributed by atoms with Gasteiger partial charge in [-0.15, -0.1) is 0 Å². The quantitative estimate of drug-likeness (QED) is 0.897. The Morgan fingerprint density at radius 1 is 1.29 bits per heavy atom. The molecule has 0 saturated carbocycles. The lowest BCUT2D eigenvalue weighted by Crippen LogP contribution is -2.39. The van der Waals surface area contributed by atoms with Crippen molar-refractivity contribution in [2.24, 2.45) is 0 Å². The number of halogens is 1. The minimum Gasteiger partial charge on any atom is -0.374 e. The monoisotopic (exact) mass is 252 g/mol. The van der Waals surface area contributed by atoms with E-state index in [9.17, 15) is 4.79 Å². The number of benzene rings is 1. The molecule has 0 aromatic heterocycles. The van der Waals surface area contributed by atoms with Gasteiger partial charge in [-0.3, -0.25) is 4.79 Å². The van der Waals surface area contributed by atoms with Crippen LogP contribution >= 0.6 is 11.6 Å². The van der Waals surface area contributed by atoms with Gasteiger partial charge >= 0.3 is 0 Å². The highest BCUT2D eigenvalue weighted by atomic mass is 35.5. The number of hydrogen-bond acceptors (Lipinski definition) is 2. The molecule has 3 nitrogen and oxygen atoms in total. The SMILES string of the molecule is CC(Nc1ccc(Cl)cc1)C(=O)N1CCCC1. The second kappa shape index (κ2) is 5.41. The average Bonchev–Trinajstić information content (AvgIpc) is 2.84. The zero-order valence-corrected chi connectivity index (χ0v) is 10.7. The topological polar surface area (TPSA) is 32.3 Å². The second-order valence-corrected chi connectivity index (χ2v) is 4.84. The van der Waals surface area contributed by atoms with E-state index in [1.807, 2.05) is 36.1 Å². The fourth-order valence-corrected chi connectivity index (χ4v) is 2.20. The third-order valence-electron chi connectivity index (χ3n) is 3.02. The summed E-state index contributed by atoms with van der Waals surface area (Å²) < 4.78 is 0. The van der Waals surface area contributed by atoms with Crippen molar-refractivity contribution in [2.45, 2.75) is 25.8 Å². The van der Waals surface area contributed by atoms with Crippen molar-refractivity contribution >= 4 is 23.2 Å². The summed E-state index contributed by atoms with van der Waals surface area (Å²) in [6, 6.07) is 7.22. The van der Waals surface area contributed by atoms with E-state index >= 15 is 0 Å². The van der Waals surface area contributed by atoms with Crippen molar-refractivity contribution in [3.05, 3.63) is 29.3 Å². The third kappa shape index (κ3) is 3.13. The summed E-state index contributed by atoms with van der Waals surface area (Å²) in [5.74, 6) is 0.178. The van der Waals surface area contributed by atoms with E-state index < -0.39 is 0 Å². The predicted octanol–water partition coefficient (Wildman–Crippen LogP) is 2.76. The van der Waals surface area contributed by atoms with Gasteiger partial charge in [-0.05, 0) is 44.0 Å². The standard InChI is InChI=1S/C13H17ClN2O/c1-10(13(17)16-8-2-3-9-16)15-12-6-4-11(14)5-7-12/h4-7,10,15H,2-3,8-9H2,1H3. The molecule has 2 rings (SSSR count). The van der Waals surface area contributed by atoms with Crippen LogP contribution in [0.3, 0.4) is 0 Å². The summed E-state index contributed by atoms with van der Waals surface area (Å²) in [5.41, 5.74) is 0.925. The minimum atomic E-state index is -0.186. The molecule has 1 aliphatic rings. The lowest BCUT2D eigenvalue weighted by Gasteiger charge is -2.21. The first-order valence-electron chi connectivity index (χ1n) is 5.98. The molecule has 1 unspecified atom stereocenters. The summed E-state index contributed by atoms with van der Waals surface area (Å²) in [5, 5.41) is 3.90. The second-order valence-electron chi connectivity index (χ2n) is 4.41. The summed E-state index contributed by atoms with van der Waals surface area (Å²) in [6.45, 7) is 3.69. The molecule has 1 heterocycles. The number of carbonyl (C=O) groups excluding carboxylic acids is 1. The van der Waals surface area contributed by atoms with Gasteiger partial charge in [0.15, 0.2) is 0 Å².